The van der Waals surface area contributed by atoms with Crippen LogP contribution < -0.4 is 0 Å². The molecule has 1 amide bonds. The van der Waals surface area contributed by atoms with Gasteiger partial charge in [0.25, 0.3) is 5.91 Å². The highest BCUT2D eigenvalue weighted by molar-refractivity contribution is 9.10. The van der Waals surface area contributed by atoms with Crippen LogP contribution in [0.2, 0.25) is 0 Å². The van der Waals surface area contributed by atoms with E-state index in [1.54, 1.807) is 19.1 Å². The smallest absolute Gasteiger partial charge is 0.434 e. The van der Waals surface area contributed by atoms with Crippen molar-refractivity contribution in [3.8, 4) is 0 Å². The largest absolute Gasteiger partial charge is 0.513 e. The van der Waals surface area contributed by atoms with Crippen LogP contribution >= 0.6 is 15.9 Å². The Morgan fingerprint density at radius 2 is 1.88 bits per heavy atom. The van der Waals surface area contributed by atoms with Gasteiger partial charge in [0.2, 0.25) is 0 Å². The zero-order valence-electron chi connectivity index (χ0n) is 19.0. The monoisotopic (exact) mass is 512 g/mol. The highest BCUT2D eigenvalue weighted by Crippen LogP contribution is 2.49. The van der Waals surface area contributed by atoms with Crippen molar-refractivity contribution >= 4 is 33.6 Å². The Labute approximate surface area is 196 Å². The van der Waals surface area contributed by atoms with Crippen LogP contribution in [0.5, 0.6) is 0 Å². The second-order valence-corrected chi connectivity index (χ2v) is 8.56. The number of piperidine rings is 1. The summed E-state index contributed by atoms with van der Waals surface area (Å²) in [5.74, 6) is -0.180. The van der Waals surface area contributed by atoms with Crippen LogP contribution in [0, 0.1) is 13.8 Å². The van der Waals surface area contributed by atoms with Crippen LogP contribution in [-0.2, 0) is 28.7 Å². The van der Waals surface area contributed by atoms with Gasteiger partial charge in [-0.25, -0.2) is 14.7 Å². The van der Waals surface area contributed by atoms with E-state index in [0.717, 1.165) is 15.6 Å². The van der Waals surface area contributed by atoms with Crippen LogP contribution in [0.3, 0.4) is 0 Å². The molecule has 1 aromatic rings. The number of rotatable bonds is 7. The highest BCUT2D eigenvalue weighted by Gasteiger charge is 2.57. The maximum absolute atomic E-state index is 13.8. The van der Waals surface area contributed by atoms with Gasteiger partial charge in [-0.2, -0.15) is 5.06 Å². The number of amides is 1. The molecular weight excluding hydrogens is 484 g/mol. The Hall–Kier alpha value is -1.98. The summed E-state index contributed by atoms with van der Waals surface area (Å²) in [6, 6.07) is 3.89. The molecule has 10 heteroatoms. The Balaban J connectivity index is 2.21. The minimum absolute atomic E-state index is 0.129. The van der Waals surface area contributed by atoms with Crippen LogP contribution in [0.4, 0.5) is 4.79 Å². The van der Waals surface area contributed by atoms with E-state index in [1.807, 2.05) is 26.0 Å². The fourth-order valence-electron chi connectivity index (χ4n) is 4.30. The fourth-order valence-corrected chi connectivity index (χ4v) is 5.18. The average molecular weight is 513 g/mol. The van der Waals surface area contributed by atoms with Gasteiger partial charge in [-0.1, -0.05) is 22.0 Å². The van der Waals surface area contributed by atoms with E-state index in [4.69, 9.17) is 23.9 Å². The Bertz CT molecular complexity index is 887. The number of halogens is 1. The van der Waals surface area contributed by atoms with Gasteiger partial charge in [0.05, 0.1) is 19.3 Å². The lowest BCUT2D eigenvalue weighted by Crippen LogP contribution is -2.55. The molecule has 0 N–H and O–H groups in total. The number of hydrogen-bond donors (Lipinski definition) is 0. The Morgan fingerprint density at radius 3 is 2.44 bits per heavy atom. The summed E-state index contributed by atoms with van der Waals surface area (Å²) < 4.78 is 16.6. The van der Waals surface area contributed by atoms with Gasteiger partial charge < -0.3 is 19.0 Å². The van der Waals surface area contributed by atoms with Crippen molar-refractivity contribution in [3.05, 3.63) is 39.1 Å². The van der Waals surface area contributed by atoms with Crippen LogP contribution in [-0.4, -0.2) is 68.4 Å². The molecule has 0 saturated carbocycles. The molecule has 0 aromatic heterocycles. The van der Waals surface area contributed by atoms with Crippen molar-refractivity contribution < 1.29 is 33.5 Å². The molecule has 32 heavy (non-hydrogen) atoms. The van der Waals surface area contributed by atoms with Crippen LogP contribution in [0.1, 0.15) is 36.5 Å². The second kappa shape index (κ2) is 10.3. The van der Waals surface area contributed by atoms with E-state index < -0.39 is 17.6 Å². The first kappa shape index (κ1) is 24.7. The first-order chi connectivity index (χ1) is 15.3. The number of carbonyl (C=O) groups is 2. The van der Waals surface area contributed by atoms with Crippen molar-refractivity contribution in [2.75, 3.05) is 40.7 Å². The van der Waals surface area contributed by atoms with Gasteiger partial charge in [0, 0.05) is 30.2 Å². The summed E-state index contributed by atoms with van der Waals surface area (Å²) in [6.07, 6.45) is -0.00970. The standard InChI is InChI=1S/C22H29BrN2O7/c1-6-30-21(27)32-19-18(17-15(3)11-14(2)12-16(17)23)20(26)25(31-13-28-4)22(19)7-9-24(29-5)10-8-22/h11-12H,6-10,13H2,1-5H3. The lowest BCUT2D eigenvalue weighted by atomic mass is 9.85. The predicted octanol–water partition coefficient (Wildman–Crippen LogP) is 3.72. The van der Waals surface area contributed by atoms with Gasteiger partial charge in [-0.15, -0.1) is 0 Å². The Morgan fingerprint density at radius 1 is 1.19 bits per heavy atom. The molecule has 1 saturated heterocycles. The van der Waals surface area contributed by atoms with Crippen LogP contribution in [0.25, 0.3) is 5.57 Å². The minimum atomic E-state index is -1.01. The maximum atomic E-state index is 13.8. The van der Waals surface area contributed by atoms with E-state index in [1.165, 1.54) is 12.2 Å². The molecule has 2 heterocycles. The molecule has 1 aromatic carbocycles. The topological polar surface area (TPSA) is 86.8 Å². The molecule has 0 aliphatic carbocycles. The lowest BCUT2D eigenvalue weighted by molar-refractivity contribution is -0.260. The molecule has 176 valence electrons. The van der Waals surface area contributed by atoms with Gasteiger partial charge in [-0.3, -0.25) is 4.79 Å². The summed E-state index contributed by atoms with van der Waals surface area (Å²) in [4.78, 5) is 37.3. The van der Waals surface area contributed by atoms with Gasteiger partial charge >= 0.3 is 6.16 Å². The molecule has 0 bridgehead atoms. The number of hydrogen-bond acceptors (Lipinski definition) is 8. The number of hydroxylamine groups is 4. The molecule has 1 spiro atoms. The van der Waals surface area contributed by atoms with Gasteiger partial charge in [0.15, 0.2) is 12.6 Å². The third-order valence-corrected chi connectivity index (χ3v) is 6.30. The number of benzene rings is 1. The van der Waals surface area contributed by atoms with E-state index in [-0.39, 0.29) is 24.7 Å². The second-order valence-electron chi connectivity index (χ2n) is 7.71. The SMILES string of the molecule is CCOC(=O)OC1=C(c2c(C)cc(C)cc2Br)C(=O)N(OCOC)C12CCN(OC)CC2. The van der Waals surface area contributed by atoms with Crippen molar-refractivity contribution in [2.24, 2.45) is 0 Å². The summed E-state index contributed by atoms with van der Waals surface area (Å²) in [5, 5.41) is 3.08. The molecule has 1 fully saturated rings. The van der Waals surface area contributed by atoms with Crippen molar-refractivity contribution in [1.29, 1.82) is 0 Å². The molecular formula is C22H29BrN2O7. The van der Waals surface area contributed by atoms with E-state index in [2.05, 4.69) is 15.9 Å². The maximum Gasteiger partial charge on any atom is 0.513 e. The zero-order chi connectivity index (χ0) is 23.5. The number of ether oxygens (including phenoxy) is 3. The van der Waals surface area contributed by atoms with Crippen molar-refractivity contribution in [1.82, 2.24) is 10.1 Å². The first-order valence-electron chi connectivity index (χ1n) is 10.4. The van der Waals surface area contributed by atoms with Crippen molar-refractivity contribution in [3.63, 3.8) is 0 Å². The molecule has 0 unspecified atom stereocenters. The third kappa shape index (κ3) is 4.55. The number of aryl methyl sites for hydroxylation is 2. The first-order valence-corrected chi connectivity index (χ1v) is 11.2. The van der Waals surface area contributed by atoms with E-state index in [0.29, 0.717) is 31.5 Å². The molecule has 0 atom stereocenters. The fraction of sp³-hybridized carbons (Fsp3) is 0.545. The molecule has 2 aliphatic heterocycles. The number of methoxy groups -OCH3 is 1. The molecule has 3 rings (SSSR count). The zero-order valence-corrected chi connectivity index (χ0v) is 20.6. The molecule has 0 radical (unpaired) electrons. The quantitative estimate of drug-likeness (QED) is 0.403. The normalized spacial score (nSPS) is 18.6. The summed E-state index contributed by atoms with van der Waals surface area (Å²) in [5.41, 5.74) is 1.81. The Kier molecular flexibility index (Phi) is 7.94. The summed E-state index contributed by atoms with van der Waals surface area (Å²) in [7, 11) is 3.08. The summed E-state index contributed by atoms with van der Waals surface area (Å²) >= 11 is 3.60. The molecule has 2 aliphatic rings. The lowest BCUT2D eigenvalue weighted by Gasteiger charge is -2.43. The van der Waals surface area contributed by atoms with E-state index in [9.17, 15) is 9.59 Å². The molecule has 9 nitrogen and oxygen atoms in total. The minimum Gasteiger partial charge on any atom is -0.434 e. The van der Waals surface area contributed by atoms with Gasteiger partial charge in [0.1, 0.15) is 5.54 Å². The van der Waals surface area contributed by atoms with Crippen molar-refractivity contribution in [2.45, 2.75) is 39.2 Å². The predicted molar refractivity (Wildman–Crippen MR) is 119 cm³/mol. The number of carbonyl (C=O) groups excluding carboxylic acids is 2. The summed E-state index contributed by atoms with van der Waals surface area (Å²) in [6.45, 7) is 6.61. The number of nitrogens with zero attached hydrogens (tertiary/aromatic N) is 2. The third-order valence-electron chi connectivity index (χ3n) is 5.67. The average Bonchev–Trinajstić information content (AvgIpc) is 2.94. The van der Waals surface area contributed by atoms with Gasteiger partial charge in [-0.05, 0) is 50.8 Å². The van der Waals surface area contributed by atoms with Crippen LogP contribution in [0.15, 0.2) is 22.4 Å². The van der Waals surface area contributed by atoms with E-state index >= 15 is 0 Å². The highest BCUT2D eigenvalue weighted by atomic mass is 79.9.